The lowest BCUT2D eigenvalue weighted by molar-refractivity contribution is -0.131. The molecule has 0 saturated carbocycles. The van der Waals surface area contributed by atoms with Crippen LogP contribution in [-0.2, 0) is 11.2 Å². The molecule has 5 heteroatoms. The first-order valence-electron chi connectivity index (χ1n) is 9.13. The lowest BCUT2D eigenvalue weighted by Crippen LogP contribution is -2.38. The summed E-state index contributed by atoms with van der Waals surface area (Å²) in [5.41, 5.74) is 4.98. The Labute approximate surface area is 153 Å². The van der Waals surface area contributed by atoms with E-state index in [4.69, 9.17) is 4.42 Å². The third kappa shape index (κ3) is 3.34. The number of amides is 1. The molecule has 1 aromatic carbocycles. The molecule has 1 aliphatic rings. The van der Waals surface area contributed by atoms with Gasteiger partial charge in [-0.1, -0.05) is 12.1 Å². The molecule has 3 heterocycles. The molecule has 4 rings (SSSR count). The van der Waals surface area contributed by atoms with E-state index in [-0.39, 0.29) is 5.91 Å². The summed E-state index contributed by atoms with van der Waals surface area (Å²) in [6.07, 6.45) is 7.63. The number of rotatable bonds is 3. The molecule has 0 unspecified atom stereocenters. The minimum atomic E-state index is 0.169. The zero-order valence-electron chi connectivity index (χ0n) is 15.2. The maximum atomic E-state index is 12.7. The van der Waals surface area contributed by atoms with E-state index in [0.717, 1.165) is 59.4 Å². The minimum absolute atomic E-state index is 0.169. The van der Waals surface area contributed by atoms with Gasteiger partial charge in [0, 0.05) is 42.4 Å². The number of hydrogen-bond donors (Lipinski definition) is 0. The Morgan fingerprint density at radius 2 is 2.04 bits per heavy atom. The Balaban J connectivity index is 1.40. The highest BCUT2D eigenvalue weighted by molar-refractivity contribution is 5.88. The van der Waals surface area contributed by atoms with Gasteiger partial charge in [-0.2, -0.15) is 0 Å². The molecule has 0 N–H and O–H groups in total. The summed E-state index contributed by atoms with van der Waals surface area (Å²) in [5, 5.41) is 1.04. The molecular weight excluding hydrogens is 326 g/mol. The van der Waals surface area contributed by atoms with Crippen molar-refractivity contribution in [2.45, 2.75) is 39.0 Å². The van der Waals surface area contributed by atoms with Crippen LogP contribution < -0.4 is 0 Å². The molecule has 1 saturated heterocycles. The van der Waals surface area contributed by atoms with Gasteiger partial charge in [0.25, 0.3) is 0 Å². The summed E-state index contributed by atoms with van der Waals surface area (Å²) in [5.74, 6) is 0.561. The molecule has 2 aromatic heterocycles. The first kappa shape index (κ1) is 16.8. The third-order valence-corrected chi connectivity index (χ3v) is 5.19. The van der Waals surface area contributed by atoms with Crippen LogP contribution in [0.1, 0.15) is 41.3 Å². The van der Waals surface area contributed by atoms with E-state index in [1.54, 1.807) is 12.5 Å². The van der Waals surface area contributed by atoms with Crippen molar-refractivity contribution in [1.29, 1.82) is 0 Å². The van der Waals surface area contributed by atoms with Gasteiger partial charge in [0.1, 0.15) is 5.58 Å². The van der Waals surface area contributed by atoms with Crippen LogP contribution in [0, 0.1) is 13.8 Å². The van der Waals surface area contributed by atoms with Crippen molar-refractivity contribution < 1.29 is 9.21 Å². The van der Waals surface area contributed by atoms with Crippen LogP contribution in [0.3, 0.4) is 0 Å². The summed E-state index contributed by atoms with van der Waals surface area (Å²) in [6, 6.07) is 6.11. The number of aryl methyl sites for hydroxylation is 2. The summed E-state index contributed by atoms with van der Waals surface area (Å²) in [4.78, 5) is 23.5. The standard InChI is InChI=1S/C21H23N3O2/c1-14-3-4-18-17(13-26-20(18)9-14)10-21(25)24-7-5-16(6-8-24)19-12-22-11-15(2)23-19/h3-4,9,11-13,16H,5-8,10H2,1-2H3. The van der Waals surface area contributed by atoms with Gasteiger partial charge in [-0.05, 0) is 38.3 Å². The Kier molecular flexibility index (Phi) is 4.45. The third-order valence-electron chi connectivity index (χ3n) is 5.19. The summed E-state index contributed by atoms with van der Waals surface area (Å²) < 4.78 is 5.62. The Morgan fingerprint density at radius 3 is 2.81 bits per heavy atom. The van der Waals surface area contributed by atoms with Gasteiger partial charge in [0.2, 0.25) is 5.91 Å². The highest BCUT2D eigenvalue weighted by atomic mass is 16.3. The van der Waals surface area contributed by atoms with Crippen LogP contribution in [0.15, 0.2) is 41.3 Å². The number of carbonyl (C=O) groups is 1. The van der Waals surface area contributed by atoms with Gasteiger partial charge in [-0.25, -0.2) is 0 Å². The van der Waals surface area contributed by atoms with Crippen molar-refractivity contribution in [2.24, 2.45) is 0 Å². The summed E-state index contributed by atoms with van der Waals surface area (Å²) >= 11 is 0. The normalized spacial score (nSPS) is 15.5. The van der Waals surface area contributed by atoms with E-state index >= 15 is 0 Å². The van der Waals surface area contributed by atoms with Crippen molar-refractivity contribution >= 4 is 16.9 Å². The Bertz CT molecular complexity index is 939. The van der Waals surface area contributed by atoms with Gasteiger partial charge in [0.15, 0.2) is 0 Å². The average Bonchev–Trinajstić information content (AvgIpc) is 3.03. The first-order valence-corrected chi connectivity index (χ1v) is 9.13. The largest absolute Gasteiger partial charge is 0.464 e. The fourth-order valence-electron chi connectivity index (χ4n) is 3.71. The highest BCUT2D eigenvalue weighted by Gasteiger charge is 2.25. The number of nitrogens with zero attached hydrogens (tertiary/aromatic N) is 3. The smallest absolute Gasteiger partial charge is 0.227 e. The molecule has 0 radical (unpaired) electrons. The van der Waals surface area contributed by atoms with Crippen molar-refractivity contribution in [1.82, 2.24) is 14.9 Å². The van der Waals surface area contributed by atoms with Crippen LogP contribution in [-0.4, -0.2) is 33.9 Å². The van der Waals surface area contributed by atoms with Crippen molar-refractivity contribution in [3.63, 3.8) is 0 Å². The maximum Gasteiger partial charge on any atom is 0.227 e. The van der Waals surface area contributed by atoms with Crippen LogP contribution >= 0.6 is 0 Å². The monoisotopic (exact) mass is 349 g/mol. The molecule has 0 atom stereocenters. The van der Waals surface area contributed by atoms with Crippen LogP contribution in [0.25, 0.3) is 11.0 Å². The second-order valence-corrected chi connectivity index (χ2v) is 7.18. The van der Waals surface area contributed by atoms with Gasteiger partial charge in [0.05, 0.1) is 24.1 Å². The van der Waals surface area contributed by atoms with E-state index in [2.05, 4.69) is 16.0 Å². The van der Waals surface area contributed by atoms with Crippen LogP contribution in [0.5, 0.6) is 0 Å². The number of likely N-dealkylation sites (tertiary alicyclic amines) is 1. The zero-order valence-corrected chi connectivity index (χ0v) is 15.2. The molecule has 5 nitrogen and oxygen atoms in total. The number of hydrogen-bond acceptors (Lipinski definition) is 4. The van der Waals surface area contributed by atoms with Crippen LogP contribution in [0.4, 0.5) is 0 Å². The fraction of sp³-hybridized carbons (Fsp3) is 0.381. The number of aromatic nitrogens is 2. The molecular formula is C21H23N3O2. The van der Waals surface area contributed by atoms with E-state index < -0.39 is 0 Å². The Hall–Kier alpha value is -2.69. The summed E-state index contributed by atoms with van der Waals surface area (Å²) in [6.45, 7) is 5.55. The van der Waals surface area contributed by atoms with Crippen LogP contribution in [0.2, 0.25) is 0 Å². The van der Waals surface area contributed by atoms with E-state index in [1.807, 2.05) is 37.1 Å². The number of fused-ring (bicyclic) bond motifs is 1. The number of benzene rings is 1. The maximum absolute atomic E-state index is 12.7. The molecule has 134 valence electrons. The molecule has 3 aromatic rings. The Morgan fingerprint density at radius 1 is 1.23 bits per heavy atom. The molecule has 1 amide bonds. The summed E-state index contributed by atoms with van der Waals surface area (Å²) in [7, 11) is 0. The van der Waals surface area contributed by atoms with E-state index in [0.29, 0.717) is 12.3 Å². The number of carbonyl (C=O) groups excluding carboxylic acids is 1. The van der Waals surface area contributed by atoms with Gasteiger partial charge in [-0.15, -0.1) is 0 Å². The number of furan rings is 1. The van der Waals surface area contributed by atoms with Gasteiger partial charge in [-0.3, -0.25) is 14.8 Å². The minimum Gasteiger partial charge on any atom is -0.464 e. The van der Waals surface area contributed by atoms with Crippen molar-refractivity contribution in [3.05, 3.63) is 59.4 Å². The first-order chi connectivity index (χ1) is 12.6. The molecule has 1 aliphatic heterocycles. The predicted molar refractivity (Wildman–Crippen MR) is 100.0 cm³/mol. The van der Waals surface area contributed by atoms with Gasteiger partial charge >= 0.3 is 0 Å². The fourth-order valence-corrected chi connectivity index (χ4v) is 3.71. The topological polar surface area (TPSA) is 59.2 Å². The van der Waals surface area contributed by atoms with Crippen molar-refractivity contribution in [3.8, 4) is 0 Å². The molecule has 26 heavy (non-hydrogen) atoms. The molecule has 0 aliphatic carbocycles. The quantitative estimate of drug-likeness (QED) is 0.722. The van der Waals surface area contributed by atoms with Gasteiger partial charge < -0.3 is 9.32 Å². The number of piperidine rings is 1. The highest BCUT2D eigenvalue weighted by Crippen LogP contribution is 2.28. The van der Waals surface area contributed by atoms with E-state index in [1.165, 1.54) is 0 Å². The second kappa shape index (κ2) is 6.90. The zero-order chi connectivity index (χ0) is 18.1. The molecule has 1 fully saturated rings. The molecule has 0 spiro atoms. The average molecular weight is 349 g/mol. The lowest BCUT2D eigenvalue weighted by Gasteiger charge is -2.31. The van der Waals surface area contributed by atoms with E-state index in [9.17, 15) is 4.79 Å². The SMILES string of the molecule is Cc1ccc2c(CC(=O)N3CCC(c4cncc(C)n4)CC3)coc2c1. The second-order valence-electron chi connectivity index (χ2n) is 7.18. The predicted octanol–water partition coefficient (Wildman–Crippen LogP) is 3.79. The van der Waals surface area contributed by atoms with Crippen molar-refractivity contribution in [2.75, 3.05) is 13.1 Å². The molecule has 0 bridgehead atoms. The lowest BCUT2D eigenvalue weighted by atomic mass is 9.93.